The van der Waals surface area contributed by atoms with E-state index < -0.39 is 0 Å². The van der Waals surface area contributed by atoms with Gasteiger partial charge in [0.15, 0.2) is 5.82 Å². The largest absolute Gasteiger partial charge is 0.328 e. The fourth-order valence-corrected chi connectivity index (χ4v) is 2.78. The highest BCUT2D eigenvalue weighted by Crippen LogP contribution is 2.24. The molecule has 2 aromatic rings. The van der Waals surface area contributed by atoms with Crippen molar-refractivity contribution in [3.05, 3.63) is 39.9 Å². The van der Waals surface area contributed by atoms with Crippen molar-refractivity contribution < 1.29 is 0 Å². The van der Waals surface area contributed by atoms with E-state index in [4.69, 9.17) is 5.73 Å². The average molecular weight is 337 g/mol. The van der Waals surface area contributed by atoms with Crippen LogP contribution in [0.15, 0.2) is 22.7 Å². The average Bonchev–Trinajstić information content (AvgIpc) is 2.81. The monoisotopic (exact) mass is 336 g/mol. The summed E-state index contributed by atoms with van der Waals surface area (Å²) < 4.78 is 2.95. The Balaban J connectivity index is 2.40. The van der Waals surface area contributed by atoms with Gasteiger partial charge in [0.05, 0.1) is 5.69 Å². The zero-order chi connectivity index (χ0) is 14.7. The van der Waals surface area contributed by atoms with Gasteiger partial charge < -0.3 is 5.73 Å². The van der Waals surface area contributed by atoms with Crippen LogP contribution in [0.25, 0.3) is 5.69 Å². The van der Waals surface area contributed by atoms with Crippen molar-refractivity contribution in [1.29, 1.82) is 0 Å². The third-order valence-electron chi connectivity index (χ3n) is 3.15. The summed E-state index contributed by atoms with van der Waals surface area (Å²) in [5.74, 6) is 1.87. The fraction of sp³-hybridized carbons (Fsp3) is 0.467. The SMILES string of the molecule is CCc1nc(CC)n(-c2ccc(CC(C)N)cc2Br)n1. The van der Waals surface area contributed by atoms with Gasteiger partial charge in [-0.3, -0.25) is 0 Å². The number of rotatable bonds is 5. The van der Waals surface area contributed by atoms with Crippen molar-refractivity contribution >= 4 is 15.9 Å². The van der Waals surface area contributed by atoms with Crippen molar-refractivity contribution in [2.24, 2.45) is 5.73 Å². The first-order chi connectivity index (χ1) is 9.55. The van der Waals surface area contributed by atoms with E-state index in [9.17, 15) is 0 Å². The fourth-order valence-electron chi connectivity index (χ4n) is 2.18. The van der Waals surface area contributed by atoms with Crippen molar-refractivity contribution in [3.63, 3.8) is 0 Å². The summed E-state index contributed by atoms with van der Waals surface area (Å²) >= 11 is 3.64. The minimum Gasteiger partial charge on any atom is -0.328 e. The molecule has 0 fully saturated rings. The van der Waals surface area contributed by atoms with Gasteiger partial charge in [-0.15, -0.1) is 0 Å². The van der Waals surface area contributed by atoms with E-state index in [0.29, 0.717) is 0 Å². The van der Waals surface area contributed by atoms with Crippen molar-refractivity contribution in [1.82, 2.24) is 14.8 Å². The molecule has 0 spiro atoms. The van der Waals surface area contributed by atoms with Crippen molar-refractivity contribution in [2.75, 3.05) is 0 Å². The third-order valence-corrected chi connectivity index (χ3v) is 3.78. The molecule has 0 saturated heterocycles. The zero-order valence-electron chi connectivity index (χ0n) is 12.2. The molecule has 1 aromatic heterocycles. The molecular formula is C15H21BrN4. The quantitative estimate of drug-likeness (QED) is 0.912. The Labute approximate surface area is 128 Å². The molecule has 1 heterocycles. The number of nitrogens with zero attached hydrogens (tertiary/aromatic N) is 3. The van der Waals surface area contributed by atoms with Crippen LogP contribution in [0, 0.1) is 0 Å². The lowest BCUT2D eigenvalue weighted by Crippen LogP contribution is -2.17. The third kappa shape index (κ3) is 3.27. The van der Waals surface area contributed by atoms with Gasteiger partial charge in [0, 0.05) is 23.4 Å². The predicted molar refractivity (Wildman–Crippen MR) is 85.2 cm³/mol. The first kappa shape index (κ1) is 15.2. The normalized spacial score (nSPS) is 12.7. The van der Waals surface area contributed by atoms with E-state index in [1.807, 2.05) is 11.6 Å². The Bertz CT molecular complexity index is 590. The Morgan fingerprint density at radius 3 is 2.60 bits per heavy atom. The first-order valence-corrected chi connectivity index (χ1v) is 7.83. The molecule has 1 aromatic carbocycles. The van der Waals surface area contributed by atoms with Crippen LogP contribution in [0.3, 0.4) is 0 Å². The summed E-state index contributed by atoms with van der Waals surface area (Å²) in [6.45, 7) is 6.18. The number of hydrogen-bond donors (Lipinski definition) is 1. The summed E-state index contributed by atoms with van der Waals surface area (Å²) in [7, 11) is 0. The predicted octanol–water partition coefficient (Wildman–Crippen LogP) is 3.04. The molecule has 0 amide bonds. The number of nitrogens with two attached hydrogens (primary N) is 1. The van der Waals surface area contributed by atoms with Crippen molar-refractivity contribution in [2.45, 2.75) is 46.1 Å². The second kappa shape index (κ2) is 6.50. The van der Waals surface area contributed by atoms with Gasteiger partial charge in [-0.2, -0.15) is 5.10 Å². The smallest absolute Gasteiger partial charge is 0.151 e. The molecule has 2 N–H and O–H groups in total. The van der Waals surface area contributed by atoms with E-state index in [0.717, 1.165) is 41.1 Å². The lowest BCUT2D eigenvalue weighted by atomic mass is 10.1. The molecular weight excluding hydrogens is 316 g/mol. The Hall–Kier alpha value is -1.20. The van der Waals surface area contributed by atoms with E-state index >= 15 is 0 Å². The van der Waals surface area contributed by atoms with Crippen LogP contribution in [0.5, 0.6) is 0 Å². The number of aromatic nitrogens is 3. The van der Waals surface area contributed by atoms with E-state index in [1.165, 1.54) is 5.56 Å². The molecule has 5 heteroatoms. The summed E-state index contributed by atoms with van der Waals surface area (Å²) in [5, 5.41) is 4.57. The Kier molecular flexibility index (Phi) is 4.94. The van der Waals surface area contributed by atoms with Gasteiger partial charge in [0.1, 0.15) is 5.82 Å². The molecule has 0 aliphatic heterocycles. The molecule has 4 nitrogen and oxygen atoms in total. The minimum atomic E-state index is 0.164. The molecule has 0 aliphatic rings. The number of aryl methyl sites for hydroxylation is 2. The molecule has 0 saturated carbocycles. The van der Waals surface area contributed by atoms with Gasteiger partial charge in [-0.1, -0.05) is 19.9 Å². The highest BCUT2D eigenvalue weighted by atomic mass is 79.9. The van der Waals surface area contributed by atoms with Gasteiger partial charge in [0.25, 0.3) is 0 Å². The first-order valence-electron chi connectivity index (χ1n) is 7.04. The van der Waals surface area contributed by atoms with Gasteiger partial charge in [-0.25, -0.2) is 9.67 Å². The molecule has 20 heavy (non-hydrogen) atoms. The van der Waals surface area contributed by atoms with Crippen molar-refractivity contribution in [3.8, 4) is 5.69 Å². The lowest BCUT2D eigenvalue weighted by molar-refractivity contribution is 0.736. The number of halogens is 1. The van der Waals surface area contributed by atoms with E-state index in [2.05, 4.69) is 58.1 Å². The molecule has 0 radical (unpaired) electrons. The summed E-state index contributed by atoms with van der Waals surface area (Å²) in [6, 6.07) is 6.47. The van der Waals surface area contributed by atoms with Crippen LogP contribution in [-0.4, -0.2) is 20.8 Å². The van der Waals surface area contributed by atoms with Gasteiger partial charge in [-0.05, 0) is 47.0 Å². The van der Waals surface area contributed by atoms with Crippen LogP contribution in [-0.2, 0) is 19.3 Å². The topological polar surface area (TPSA) is 56.7 Å². The van der Waals surface area contributed by atoms with Crippen LogP contribution >= 0.6 is 15.9 Å². The second-order valence-corrected chi connectivity index (χ2v) is 5.88. The van der Waals surface area contributed by atoms with Crippen LogP contribution in [0.2, 0.25) is 0 Å². The molecule has 2 rings (SSSR count). The van der Waals surface area contributed by atoms with E-state index in [1.54, 1.807) is 0 Å². The summed E-state index contributed by atoms with van der Waals surface area (Å²) in [4.78, 5) is 4.55. The lowest BCUT2D eigenvalue weighted by Gasteiger charge is -2.10. The second-order valence-electron chi connectivity index (χ2n) is 5.03. The molecule has 0 bridgehead atoms. The molecule has 0 aliphatic carbocycles. The van der Waals surface area contributed by atoms with E-state index in [-0.39, 0.29) is 6.04 Å². The molecule has 1 unspecified atom stereocenters. The minimum absolute atomic E-state index is 0.164. The summed E-state index contributed by atoms with van der Waals surface area (Å²) in [6.07, 6.45) is 2.58. The Morgan fingerprint density at radius 2 is 2.05 bits per heavy atom. The zero-order valence-corrected chi connectivity index (χ0v) is 13.8. The highest BCUT2D eigenvalue weighted by Gasteiger charge is 2.12. The number of hydrogen-bond acceptors (Lipinski definition) is 3. The molecule has 108 valence electrons. The van der Waals surface area contributed by atoms with Gasteiger partial charge >= 0.3 is 0 Å². The van der Waals surface area contributed by atoms with Crippen LogP contribution in [0.1, 0.15) is 38.0 Å². The Morgan fingerprint density at radius 1 is 1.30 bits per heavy atom. The summed E-state index contributed by atoms with van der Waals surface area (Å²) in [5.41, 5.74) is 8.10. The van der Waals surface area contributed by atoms with Gasteiger partial charge in [0.2, 0.25) is 0 Å². The van der Waals surface area contributed by atoms with Crippen LogP contribution in [0.4, 0.5) is 0 Å². The maximum absolute atomic E-state index is 5.85. The highest BCUT2D eigenvalue weighted by molar-refractivity contribution is 9.10. The maximum Gasteiger partial charge on any atom is 0.151 e. The van der Waals surface area contributed by atoms with Crippen LogP contribution < -0.4 is 5.73 Å². The standard InChI is InChI=1S/C15H21BrN4/c1-4-14-18-15(5-2)20(19-14)13-7-6-11(8-10(3)17)9-12(13)16/h6-7,9-10H,4-5,8,17H2,1-3H3. The maximum atomic E-state index is 5.85. The molecule has 1 atom stereocenters. The number of benzene rings is 1.